The summed E-state index contributed by atoms with van der Waals surface area (Å²) < 4.78 is 5.41. The molecule has 4 heterocycles. The second kappa shape index (κ2) is 10.2. The molecule has 2 aromatic heterocycles. The number of morpholine rings is 1. The Bertz CT molecular complexity index is 1250. The van der Waals surface area contributed by atoms with E-state index in [4.69, 9.17) is 10.5 Å². The van der Waals surface area contributed by atoms with Gasteiger partial charge in [0.1, 0.15) is 0 Å². The summed E-state index contributed by atoms with van der Waals surface area (Å²) in [7, 11) is 0. The van der Waals surface area contributed by atoms with Gasteiger partial charge in [-0.15, -0.1) is 0 Å². The van der Waals surface area contributed by atoms with Gasteiger partial charge in [0.15, 0.2) is 0 Å². The van der Waals surface area contributed by atoms with Crippen LogP contribution in [0, 0.1) is 0 Å². The van der Waals surface area contributed by atoms with E-state index in [9.17, 15) is 4.79 Å². The van der Waals surface area contributed by atoms with Crippen LogP contribution in [0.4, 0.5) is 17.1 Å². The maximum absolute atomic E-state index is 13.5. The third-order valence-corrected chi connectivity index (χ3v) is 6.45. The SMILES string of the molecule is CCC1=C(C(=O)Nc2ccc(CN3CCOCC3)nc2)c2cc(-c3cncc(N)c3)ccc2NC1. The van der Waals surface area contributed by atoms with Crippen molar-refractivity contribution in [2.75, 3.05) is 49.2 Å². The van der Waals surface area contributed by atoms with Crippen molar-refractivity contribution in [3.05, 3.63) is 71.8 Å². The number of nitrogens with one attached hydrogen (secondary N) is 2. The molecule has 1 amide bonds. The van der Waals surface area contributed by atoms with Crippen LogP contribution in [0.5, 0.6) is 0 Å². The van der Waals surface area contributed by atoms with Gasteiger partial charge >= 0.3 is 0 Å². The smallest absolute Gasteiger partial charge is 0.256 e. The van der Waals surface area contributed by atoms with Crippen LogP contribution in [-0.2, 0) is 16.1 Å². The summed E-state index contributed by atoms with van der Waals surface area (Å²) >= 11 is 0. The maximum atomic E-state index is 13.5. The van der Waals surface area contributed by atoms with Crippen LogP contribution < -0.4 is 16.4 Å². The van der Waals surface area contributed by atoms with Crippen molar-refractivity contribution in [2.24, 2.45) is 0 Å². The molecular weight excluding hydrogens is 440 g/mol. The molecule has 0 unspecified atom stereocenters. The van der Waals surface area contributed by atoms with Crippen molar-refractivity contribution < 1.29 is 9.53 Å². The molecule has 0 atom stereocenters. The number of rotatable bonds is 6. The van der Waals surface area contributed by atoms with E-state index in [1.807, 2.05) is 36.4 Å². The number of nitrogens with two attached hydrogens (primary N) is 1. The zero-order valence-electron chi connectivity index (χ0n) is 19.9. The Morgan fingerprint density at radius 2 is 1.97 bits per heavy atom. The molecular formula is C27H30N6O2. The molecule has 180 valence electrons. The molecule has 5 rings (SSSR count). The van der Waals surface area contributed by atoms with E-state index in [1.165, 1.54) is 0 Å². The number of aromatic nitrogens is 2. The van der Waals surface area contributed by atoms with Gasteiger partial charge in [-0.1, -0.05) is 13.0 Å². The maximum Gasteiger partial charge on any atom is 0.256 e. The fourth-order valence-electron chi connectivity index (χ4n) is 4.54. The van der Waals surface area contributed by atoms with Gasteiger partial charge in [-0.05, 0) is 47.9 Å². The molecule has 1 saturated heterocycles. The van der Waals surface area contributed by atoms with Gasteiger partial charge in [-0.25, -0.2) is 0 Å². The van der Waals surface area contributed by atoms with E-state index in [0.29, 0.717) is 23.5 Å². The fraction of sp³-hybridized carbons (Fsp3) is 0.296. The molecule has 4 N–H and O–H groups in total. The Morgan fingerprint density at radius 1 is 1.11 bits per heavy atom. The summed E-state index contributed by atoms with van der Waals surface area (Å²) in [5.74, 6) is -0.129. The Kier molecular flexibility index (Phi) is 6.74. The third-order valence-electron chi connectivity index (χ3n) is 6.45. The minimum absolute atomic E-state index is 0.129. The summed E-state index contributed by atoms with van der Waals surface area (Å²) in [6.07, 6.45) is 5.91. The van der Waals surface area contributed by atoms with Crippen molar-refractivity contribution in [1.29, 1.82) is 0 Å². The molecule has 0 radical (unpaired) electrons. The Balaban J connectivity index is 1.38. The number of benzene rings is 1. The lowest BCUT2D eigenvalue weighted by atomic mass is 9.90. The number of pyridine rings is 2. The highest BCUT2D eigenvalue weighted by molar-refractivity contribution is 6.28. The van der Waals surface area contributed by atoms with E-state index in [-0.39, 0.29) is 5.91 Å². The van der Waals surface area contributed by atoms with Crippen LogP contribution in [0.15, 0.2) is 60.6 Å². The Morgan fingerprint density at radius 3 is 2.71 bits per heavy atom. The predicted octanol–water partition coefficient (Wildman–Crippen LogP) is 3.79. The molecule has 0 saturated carbocycles. The lowest BCUT2D eigenvalue weighted by Crippen LogP contribution is -2.35. The van der Waals surface area contributed by atoms with Gasteiger partial charge in [-0.2, -0.15) is 0 Å². The normalized spacial score (nSPS) is 15.9. The molecule has 0 spiro atoms. The van der Waals surface area contributed by atoms with Gasteiger partial charge in [0.05, 0.1) is 36.5 Å². The van der Waals surface area contributed by atoms with Crippen molar-refractivity contribution in [3.8, 4) is 11.1 Å². The Labute approximate surface area is 205 Å². The van der Waals surface area contributed by atoms with Crippen LogP contribution in [0.1, 0.15) is 24.6 Å². The number of carbonyl (C=O) groups is 1. The van der Waals surface area contributed by atoms with Gasteiger partial charge in [0, 0.05) is 61.0 Å². The molecule has 0 bridgehead atoms. The summed E-state index contributed by atoms with van der Waals surface area (Å²) in [6, 6.07) is 11.8. The number of hydrogen-bond donors (Lipinski definition) is 3. The first-order chi connectivity index (χ1) is 17.1. The highest BCUT2D eigenvalue weighted by atomic mass is 16.5. The second-order valence-corrected chi connectivity index (χ2v) is 8.83. The molecule has 8 nitrogen and oxygen atoms in total. The quantitative estimate of drug-likeness (QED) is 0.503. The number of nitrogen functional groups attached to an aromatic ring is 1. The molecule has 0 aliphatic carbocycles. The van der Waals surface area contributed by atoms with Crippen LogP contribution in [0.3, 0.4) is 0 Å². The highest BCUT2D eigenvalue weighted by Gasteiger charge is 2.24. The van der Waals surface area contributed by atoms with Crippen molar-refractivity contribution >= 4 is 28.5 Å². The largest absolute Gasteiger partial charge is 0.397 e. The lowest BCUT2D eigenvalue weighted by Gasteiger charge is -2.26. The van der Waals surface area contributed by atoms with Gasteiger partial charge in [0.2, 0.25) is 0 Å². The second-order valence-electron chi connectivity index (χ2n) is 8.83. The zero-order valence-corrected chi connectivity index (χ0v) is 19.9. The van der Waals surface area contributed by atoms with Crippen molar-refractivity contribution in [1.82, 2.24) is 14.9 Å². The summed E-state index contributed by atoms with van der Waals surface area (Å²) in [6.45, 7) is 6.84. The standard InChI is InChI=1S/C27H30N6O2/c1-2-18-14-31-25-6-3-19(20-11-21(28)15-29-13-20)12-24(25)26(18)27(34)32-22-4-5-23(30-16-22)17-33-7-9-35-10-8-33/h3-6,11-13,15-16,31H,2,7-10,14,17,28H2,1H3,(H,32,34). The number of amides is 1. The van der Waals surface area contributed by atoms with E-state index < -0.39 is 0 Å². The van der Waals surface area contributed by atoms with E-state index in [2.05, 4.69) is 32.4 Å². The highest BCUT2D eigenvalue weighted by Crippen LogP contribution is 2.36. The molecule has 35 heavy (non-hydrogen) atoms. The van der Waals surface area contributed by atoms with E-state index in [0.717, 1.165) is 72.9 Å². The zero-order chi connectivity index (χ0) is 24.2. The number of carbonyl (C=O) groups excluding carboxylic acids is 1. The summed E-state index contributed by atoms with van der Waals surface area (Å²) in [5, 5.41) is 6.51. The van der Waals surface area contributed by atoms with Crippen LogP contribution in [-0.4, -0.2) is 53.6 Å². The van der Waals surface area contributed by atoms with Crippen LogP contribution >= 0.6 is 0 Å². The molecule has 2 aliphatic heterocycles. The van der Waals surface area contributed by atoms with Gasteiger partial charge in [0.25, 0.3) is 5.91 Å². The minimum atomic E-state index is -0.129. The van der Waals surface area contributed by atoms with E-state index >= 15 is 0 Å². The molecule has 3 aromatic rings. The summed E-state index contributed by atoms with van der Waals surface area (Å²) in [5.41, 5.74) is 13.7. The number of anilines is 3. The van der Waals surface area contributed by atoms with Gasteiger partial charge < -0.3 is 21.1 Å². The molecule has 1 aromatic carbocycles. The average molecular weight is 471 g/mol. The fourth-order valence-corrected chi connectivity index (χ4v) is 4.54. The van der Waals surface area contributed by atoms with Crippen LogP contribution in [0.25, 0.3) is 16.7 Å². The first kappa shape index (κ1) is 23.0. The van der Waals surface area contributed by atoms with E-state index in [1.54, 1.807) is 18.6 Å². The van der Waals surface area contributed by atoms with Crippen molar-refractivity contribution in [3.63, 3.8) is 0 Å². The lowest BCUT2D eigenvalue weighted by molar-refractivity contribution is -0.111. The first-order valence-electron chi connectivity index (χ1n) is 12.0. The monoisotopic (exact) mass is 470 g/mol. The molecule has 1 fully saturated rings. The minimum Gasteiger partial charge on any atom is -0.397 e. The number of nitrogens with zero attached hydrogens (tertiary/aromatic N) is 3. The number of hydrogen-bond acceptors (Lipinski definition) is 7. The molecule has 2 aliphatic rings. The Hall–Kier alpha value is -3.75. The third kappa shape index (κ3) is 5.18. The number of ether oxygens (including phenoxy) is 1. The topological polar surface area (TPSA) is 105 Å². The van der Waals surface area contributed by atoms with Crippen LogP contribution in [0.2, 0.25) is 0 Å². The summed E-state index contributed by atoms with van der Waals surface area (Å²) in [4.78, 5) is 24.6. The number of fused-ring (bicyclic) bond motifs is 1. The van der Waals surface area contributed by atoms with Crippen molar-refractivity contribution in [2.45, 2.75) is 19.9 Å². The average Bonchev–Trinajstić information content (AvgIpc) is 2.89. The predicted molar refractivity (Wildman–Crippen MR) is 139 cm³/mol. The first-order valence-corrected chi connectivity index (χ1v) is 12.0. The molecule has 8 heteroatoms. The van der Waals surface area contributed by atoms with Gasteiger partial charge in [-0.3, -0.25) is 19.7 Å².